The number of hydrogen-bond acceptors (Lipinski definition) is 2. The van der Waals surface area contributed by atoms with Gasteiger partial charge in [0.25, 0.3) is 0 Å². The predicted octanol–water partition coefficient (Wildman–Crippen LogP) is 0.300. The Bertz CT molecular complexity index is 25.5. The fraction of sp³-hybridized carbons (Fsp3) is 1.00. The molecule has 6 heavy (non-hydrogen) atoms. The molecule has 2 nitrogen and oxygen atoms in total. The molecule has 0 aromatic carbocycles. The minimum absolute atomic E-state index is 0. The van der Waals surface area contributed by atoms with Crippen molar-refractivity contribution in [1.82, 2.24) is 0 Å². The Kier molecular flexibility index (Phi) is 10.2. The second-order valence-electron chi connectivity index (χ2n) is 0.689. The summed E-state index contributed by atoms with van der Waals surface area (Å²) in [4.78, 5) is 16.0. The van der Waals surface area contributed by atoms with Gasteiger partial charge in [-0.25, -0.2) is 0 Å². The van der Waals surface area contributed by atoms with Crippen molar-refractivity contribution in [1.29, 1.82) is 0 Å². The van der Waals surface area contributed by atoms with E-state index < -0.39 is 8.38 Å². The Hall–Kier alpha value is 1.06. The predicted molar refractivity (Wildman–Crippen MR) is 21.9 cm³/mol. The fourth-order valence-electron chi connectivity index (χ4n) is 0. The van der Waals surface area contributed by atoms with Crippen LogP contribution in [0.15, 0.2) is 0 Å². The molecular formula is C2H7O2PTi. The van der Waals surface area contributed by atoms with Crippen LogP contribution >= 0.6 is 8.38 Å². The Balaban J connectivity index is 0. The van der Waals surface area contributed by atoms with Gasteiger partial charge in [0.2, 0.25) is 0 Å². The zero-order valence-electron chi connectivity index (χ0n) is 3.55. The molecule has 0 fully saturated rings. The third-order valence-electron chi connectivity index (χ3n) is 0.283. The standard InChI is InChI=1S/C2H7O2P.Ti/c1-2-5(3)4;/h3-4H,2H2,1H3;. The molecule has 36 valence electrons. The summed E-state index contributed by atoms with van der Waals surface area (Å²) in [6, 6.07) is 0. The van der Waals surface area contributed by atoms with E-state index in [0.717, 1.165) is 0 Å². The van der Waals surface area contributed by atoms with E-state index in [1.165, 1.54) is 0 Å². The summed E-state index contributed by atoms with van der Waals surface area (Å²) in [5, 5.41) is 0. The van der Waals surface area contributed by atoms with Gasteiger partial charge in [-0.1, -0.05) is 6.92 Å². The van der Waals surface area contributed by atoms with Crippen LogP contribution in [0.2, 0.25) is 0 Å². The molecule has 0 aromatic heterocycles. The van der Waals surface area contributed by atoms with Gasteiger partial charge in [0.15, 0.2) is 8.38 Å². The van der Waals surface area contributed by atoms with Crippen molar-refractivity contribution in [3.8, 4) is 0 Å². The molecule has 0 saturated carbocycles. The molecule has 0 unspecified atom stereocenters. The van der Waals surface area contributed by atoms with Gasteiger partial charge >= 0.3 is 0 Å². The van der Waals surface area contributed by atoms with Crippen LogP contribution in [-0.2, 0) is 21.7 Å². The minimum Gasteiger partial charge on any atom is -0.350 e. The SMILES string of the molecule is CCP(O)O.[Ti]. The van der Waals surface area contributed by atoms with Crippen LogP contribution in [0.25, 0.3) is 0 Å². The number of rotatable bonds is 1. The second-order valence-corrected chi connectivity index (χ2v) is 2.07. The molecule has 0 bridgehead atoms. The van der Waals surface area contributed by atoms with Gasteiger partial charge in [-0.15, -0.1) is 0 Å². The van der Waals surface area contributed by atoms with Gasteiger partial charge in [0.1, 0.15) is 0 Å². The van der Waals surface area contributed by atoms with E-state index in [2.05, 4.69) is 0 Å². The first-order valence-corrected chi connectivity index (χ1v) is 2.86. The molecule has 2 N–H and O–H groups in total. The molecule has 0 amide bonds. The average molecular weight is 142 g/mol. The van der Waals surface area contributed by atoms with Gasteiger partial charge in [0, 0.05) is 27.9 Å². The van der Waals surface area contributed by atoms with E-state index in [1.807, 2.05) is 0 Å². The van der Waals surface area contributed by atoms with Crippen LogP contribution in [-0.4, -0.2) is 15.9 Å². The molecule has 0 aliphatic carbocycles. The van der Waals surface area contributed by atoms with Gasteiger partial charge < -0.3 is 9.79 Å². The summed E-state index contributed by atoms with van der Waals surface area (Å²) in [6.45, 7) is 1.73. The van der Waals surface area contributed by atoms with E-state index in [-0.39, 0.29) is 21.7 Å². The molecule has 0 aromatic rings. The largest absolute Gasteiger partial charge is 0.350 e. The zero-order chi connectivity index (χ0) is 4.28. The van der Waals surface area contributed by atoms with Crippen LogP contribution in [0.3, 0.4) is 0 Å². The van der Waals surface area contributed by atoms with E-state index in [1.54, 1.807) is 6.92 Å². The molecule has 0 rings (SSSR count). The number of hydrogen-bond donors (Lipinski definition) is 2. The molecule has 0 aliphatic heterocycles. The Morgan fingerprint density at radius 3 is 1.67 bits per heavy atom. The summed E-state index contributed by atoms with van der Waals surface area (Å²) < 4.78 is 0. The van der Waals surface area contributed by atoms with Crippen molar-refractivity contribution in [2.75, 3.05) is 6.16 Å². The third kappa shape index (κ3) is 8.91. The van der Waals surface area contributed by atoms with Gasteiger partial charge in [-0.05, 0) is 0 Å². The Labute approximate surface area is 53.4 Å². The molecule has 4 heteroatoms. The van der Waals surface area contributed by atoms with Crippen molar-refractivity contribution in [3.05, 3.63) is 0 Å². The topological polar surface area (TPSA) is 40.5 Å². The first kappa shape index (κ1) is 10.1. The summed E-state index contributed by atoms with van der Waals surface area (Å²) in [7, 11) is -1.60. The summed E-state index contributed by atoms with van der Waals surface area (Å²) >= 11 is 0. The minimum atomic E-state index is -1.60. The Morgan fingerprint density at radius 2 is 1.67 bits per heavy atom. The van der Waals surface area contributed by atoms with Crippen LogP contribution in [0.5, 0.6) is 0 Å². The van der Waals surface area contributed by atoms with Crippen LogP contribution in [0.1, 0.15) is 6.92 Å². The van der Waals surface area contributed by atoms with Crippen LogP contribution in [0, 0.1) is 0 Å². The maximum absolute atomic E-state index is 7.98. The fourth-order valence-corrected chi connectivity index (χ4v) is 0. The smallest absolute Gasteiger partial charge is 0.164 e. The van der Waals surface area contributed by atoms with Crippen molar-refractivity contribution < 1.29 is 31.5 Å². The molecule has 0 atom stereocenters. The first-order valence-electron chi connectivity index (χ1n) is 1.42. The third-order valence-corrected chi connectivity index (χ3v) is 0.849. The summed E-state index contributed by atoms with van der Waals surface area (Å²) in [5.41, 5.74) is 0. The molecule has 0 saturated heterocycles. The zero-order valence-corrected chi connectivity index (χ0v) is 6.00. The quantitative estimate of drug-likeness (QED) is 0.408. The van der Waals surface area contributed by atoms with Crippen LogP contribution in [0.4, 0.5) is 0 Å². The summed E-state index contributed by atoms with van der Waals surface area (Å²) in [5.74, 6) is 0. The van der Waals surface area contributed by atoms with Gasteiger partial charge in [-0.3, -0.25) is 0 Å². The average Bonchev–Trinajstić information content (AvgIpc) is 1.38. The van der Waals surface area contributed by atoms with Crippen molar-refractivity contribution in [3.63, 3.8) is 0 Å². The molecule has 0 heterocycles. The van der Waals surface area contributed by atoms with E-state index in [4.69, 9.17) is 9.79 Å². The molecule has 0 spiro atoms. The summed E-state index contributed by atoms with van der Waals surface area (Å²) in [6.07, 6.45) is 0.481. The van der Waals surface area contributed by atoms with E-state index >= 15 is 0 Å². The van der Waals surface area contributed by atoms with Crippen molar-refractivity contribution in [2.24, 2.45) is 0 Å². The van der Waals surface area contributed by atoms with E-state index in [0.29, 0.717) is 6.16 Å². The van der Waals surface area contributed by atoms with Gasteiger partial charge in [0.05, 0.1) is 0 Å². The maximum atomic E-state index is 7.98. The van der Waals surface area contributed by atoms with Crippen molar-refractivity contribution in [2.45, 2.75) is 6.92 Å². The van der Waals surface area contributed by atoms with Crippen molar-refractivity contribution >= 4 is 8.38 Å². The van der Waals surface area contributed by atoms with Crippen LogP contribution < -0.4 is 0 Å². The second kappa shape index (κ2) is 6.06. The monoisotopic (exact) mass is 142 g/mol. The maximum Gasteiger partial charge on any atom is 0.164 e. The molecular weight excluding hydrogens is 135 g/mol. The molecule has 0 radical (unpaired) electrons. The molecule has 0 aliphatic rings. The van der Waals surface area contributed by atoms with E-state index in [9.17, 15) is 0 Å². The van der Waals surface area contributed by atoms with Gasteiger partial charge in [-0.2, -0.15) is 0 Å². The normalized spacial score (nSPS) is 8.00. The first-order chi connectivity index (χ1) is 2.27. The Morgan fingerprint density at radius 1 is 1.50 bits per heavy atom.